The molecule has 0 saturated heterocycles. The van der Waals surface area contributed by atoms with E-state index in [1.807, 2.05) is 55.5 Å². The van der Waals surface area contributed by atoms with Crippen molar-refractivity contribution in [1.82, 2.24) is 4.98 Å². The lowest BCUT2D eigenvalue weighted by Gasteiger charge is -2.12. The monoisotopic (exact) mass is 322 g/mol. The van der Waals surface area contributed by atoms with E-state index in [2.05, 4.69) is 17.2 Å². The molecule has 3 rings (SSSR count). The average molecular weight is 322 g/mol. The van der Waals surface area contributed by atoms with E-state index in [0.29, 0.717) is 0 Å². The first-order valence-electron chi connectivity index (χ1n) is 8.15. The number of fused-ring (bicyclic) bond motifs is 1. The number of hydrogen-bond donors (Lipinski definition) is 1. The van der Waals surface area contributed by atoms with E-state index in [1.165, 1.54) is 0 Å². The Morgan fingerprint density at radius 1 is 1.00 bits per heavy atom. The van der Waals surface area contributed by atoms with E-state index in [-0.39, 0.29) is 0 Å². The molecule has 0 atom stereocenters. The van der Waals surface area contributed by atoms with Crippen LogP contribution in [0.2, 0.25) is 0 Å². The highest BCUT2D eigenvalue weighted by molar-refractivity contribution is 5.94. The molecule has 0 fully saturated rings. The molecule has 1 heterocycles. The van der Waals surface area contributed by atoms with E-state index in [4.69, 9.17) is 9.47 Å². The third-order valence-corrected chi connectivity index (χ3v) is 3.75. The Hall–Kier alpha value is -2.75. The minimum atomic E-state index is 0.737. The molecule has 0 aliphatic rings. The molecule has 24 heavy (non-hydrogen) atoms. The number of benzene rings is 2. The second-order valence-corrected chi connectivity index (χ2v) is 5.69. The van der Waals surface area contributed by atoms with Gasteiger partial charge in [0.1, 0.15) is 11.5 Å². The van der Waals surface area contributed by atoms with Gasteiger partial charge in [0.05, 0.1) is 19.2 Å². The number of aryl methyl sites for hydroxylation is 1. The summed E-state index contributed by atoms with van der Waals surface area (Å²) in [7, 11) is 1.67. The van der Waals surface area contributed by atoms with Crippen LogP contribution in [-0.2, 0) is 0 Å². The van der Waals surface area contributed by atoms with Crippen LogP contribution in [0.3, 0.4) is 0 Å². The minimum absolute atomic E-state index is 0.737. The van der Waals surface area contributed by atoms with Crippen LogP contribution in [-0.4, -0.2) is 18.7 Å². The second kappa shape index (κ2) is 7.21. The van der Waals surface area contributed by atoms with Crippen LogP contribution in [0.1, 0.15) is 19.0 Å². The van der Waals surface area contributed by atoms with Gasteiger partial charge >= 0.3 is 0 Å². The molecule has 2 aromatic carbocycles. The molecule has 124 valence electrons. The summed E-state index contributed by atoms with van der Waals surface area (Å²) in [6.45, 7) is 4.83. The minimum Gasteiger partial charge on any atom is -0.497 e. The Bertz CT molecular complexity index is 829. The summed E-state index contributed by atoms with van der Waals surface area (Å²) >= 11 is 0. The van der Waals surface area contributed by atoms with Gasteiger partial charge in [0.25, 0.3) is 0 Å². The number of methoxy groups -OCH3 is 1. The summed E-state index contributed by atoms with van der Waals surface area (Å²) in [6.07, 6.45) is 1.00. The molecule has 0 bridgehead atoms. The molecule has 0 aliphatic carbocycles. The summed E-state index contributed by atoms with van der Waals surface area (Å²) in [4.78, 5) is 4.59. The molecule has 0 amide bonds. The topological polar surface area (TPSA) is 43.4 Å². The number of nitrogens with one attached hydrogen (secondary N) is 1. The number of aromatic nitrogens is 1. The van der Waals surface area contributed by atoms with Crippen LogP contribution in [0.4, 0.5) is 11.4 Å². The van der Waals surface area contributed by atoms with Crippen molar-refractivity contribution < 1.29 is 9.47 Å². The maximum absolute atomic E-state index is 5.63. The molecule has 0 radical (unpaired) electrons. The van der Waals surface area contributed by atoms with Gasteiger partial charge in [-0.2, -0.15) is 0 Å². The predicted octanol–water partition coefficient (Wildman–Crippen LogP) is 5.08. The van der Waals surface area contributed by atoms with Crippen LogP contribution >= 0.6 is 0 Å². The lowest BCUT2D eigenvalue weighted by atomic mass is 10.1. The molecule has 0 unspecified atom stereocenters. The SMILES string of the molecule is CCCOc1ccc(Nc2cc(C)nc3ccc(OC)cc23)cc1. The van der Waals surface area contributed by atoms with Crippen LogP contribution in [0.15, 0.2) is 48.5 Å². The molecule has 4 nitrogen and oxygen atoms in total. The van der Waals surface area contributed by atoms with Crippen molar-refractivity contribution in [3.63, 3.8) is 0 Å². The Balaban J connectivity index is 1.91. The van der Waals surface area contributed by atoms with E-state index < -0.39 is 0 Å². The summed E-state index contributed by atoms with van der Waals surface area (Å²) in [5.41, 5.74) is 3.94. The highest BCUT2D eigenvalue weighted by atomic mass is 16.5. The fraction of sp³-hybridized carbons (Fsp3) is 0.250. The molecule has 0 saturated carbocycles. The fourth-order valence-electron chi connectivity index (χ4n) is 2.58. The molecule has 0 spiro atoms. The predicted molar refractivity (Wildman–Crippen MR) is 98.5 cm³/mol. The van der Waals surface area contributed by atoms with Gasteiger partial charge in [0.15, 0.2) is 0 Å². The normalized spacial score (nSPS) is 10.6. The van der Waals surface area contributed by atoms with Crippen molar-refractivity contribution in [2.75, 3.05) is 19.0 Å². The summed E-state index contributed by atoms with van der Waals surface area (Å²) in [6, 6.07) is 16.0. The maximum atomic E-state index is 5.63. The third kappa shape index (κ3) is 3.59. The third-order valence-electron chi connectivity index (χ3n) is 3.75. The first-order chi connectivity index (χ1) is 11.7. The van der Waals surface area contributed by atoms with Crippen molar-refractivity contribution in [2.24, 2.45) is 0 Å². The van der Waals surface area contributed by atoms with E-state index >= 15 is 0 Å². The Morgan fingerprint density at radius 3 is 2.46 bits per heavy atom. The lowest BCUT2D eigenvalue weighted by molar-refractivity contribution is 0.317. The molecule has 0 aliphatic heterocycles. The standard InChI is InChI=1S/C20H22N2O2/c1-4-11-24-16-7-5-15(6-8-16)22-20-12-14(2)21-19-10-9-17(23-3)13-18(19)20/h5-10,12-13H,4,11H2,1-3H3,(H,21,22). The zero-order valence-electron chi connectivity index (χ0n) is 14.3. The zero-order valence-corrected chi connectivity index (χ0v) is 14.3. The maximum Gasteiger partial charge on any atom is 0.119 e. The average Bonchev–Trinajstić information content (AvgIpc) is 2.60. The summed E-state index contributed by atoms with van der Waals surface area (Å²) < 4.78 is 11.0. The smallest absolute Gasteiger partial charge is 0.119 e. The van der Waals surface area contributed by atoms with Gasteiger partial charge in [-0.05, 0) is 61.9 Å². The molecule has 3 aromatic rings. The van der Waals surface area contributed by atoms with Gasteiger partial charge in [-0.25, -0.2) is 0 Å². The van der Waals surface area contributed by atoms with Gasteiger partial charge in [-0.3, -0.25) is 4.98 Å². The van der Waals surface area contributed by atoms with Gasteiger partial charge in [-0.15, -0.1) is 0 Å². The first kappa shape index (κ1) is 16.1. The van der Waals surface area contributed by atoms with Gasteiger partial charge in [0, 0.05) is 22.5 Å². The molecular formula is C20H22N2O2. The largest absolute Gasteiger partial charge is 0.497 e. The van der Waals surface area contributed by atoms with Gasteiger partial charge < -0.3 is 14.8 Å². The number of hydrogen-bond acceptors (Lipinski definition) is 4. The summed E-state index contributed by atoms with van der Waals surface area (Å²) in [5, 5.41) is 4.50. The Kier molecular flexibility index (Phi) is 4.85. The Morgan fingerprint density at radius 2 is 1.75 bits per heavy atom. The highest BCUT2D eigenvalue weighted by Crippen LogP contribution is 2.30. The quantitative estimate of drug-likeness (QED) is 0.687. The van der Waals surface area contributed by atoms with Gasteiger partial charge in [0.2, 0.25) is 0 Å². The highest BCUT2D eigenvalue weighted by Gasteiger charge is 2.06. The number of anilines is 2. The van der Waals surface area contributed by atoms with Crippen molar-refractivity contribution in [3.05, 3.63) is 54.2 Å². The number of rotatable bonds is 6. The van der Waals surface area contributed by atoms with Crippen molar-refractivity contribution in [3.8, 4) is 11.5 Å². The summed E-state index contributed by atoms with van der Waals surface area (Å²) in [5.74, 6) is 1.71. The fourth-order valence-corrected chi connectivity index (χ4v) is 2.58. The van der Waals surface area contributed by atoms with Gasteiger partial charge in [-0.1, -0.05) is 6.92 Å². The molecule has 4 heteroatoms. The van der Waals surface area contributed by atoms with Crippen molar-refractivity contribution >= 4 is 22.3 Å². The number of ether oxygens (including phenoxy) is 2. The zero-order chi connectivity index (χ0) is 16.9. The van der Waals surface area contributed by atoms with Crippen LogP contribution in [0.25, 0.3) is 10.9 Å². The van der Waals surface area contributed by atoms with Crippen LogP contribution in [0.5, 0.6) is 11.5 Å². The lowest BCUT2D eigenvalue weighted by Crippen LogP contribution is -1.97. The Labute approximate surface area is 142 Å². The van der Waals surface area contributed by atoms with Crippen molar-refractivity contribution in [2.45, 2.75) is 20.3 Å². The molecule has 1 N–H and O–H groups in total. The number of pyridine rings is 1. The van der Waals surface area contributed by atoms with Crippen LogP contribution < -0.4 is 14.8 Å². The van der Waals surface area contributed by atoms with Crippen LogP contribution in [0, 0.1) is 6.92 Å². The van der Waals surface area contributed by atoms with E-state index in [9.17, 15) is 0 Å². The number of nitrogens with zero attached hydrogens (tertiary/aromatic N) is 1. The second-order valence-electron chi connectivity index (χ2n) is 5.69. The molecular weight excluding hydrogens is 300 g/mol. The van der Waals surface area contributed by atoms with E-state index in [1.54, 1.807) is 7.11 Å². The van der Waals surface area contributed by atoms with Crippen molar-refractivity contribution in [1.29, 1.82) is 0 Å². The van der Waals surface area contributed by atoms with E-state index in [0.717, 1.165) is 52.5 Å². The first-order valence-corrected chi connectivity index (χ1v) is 8.15. The molecule has 1 aromatic heterocycles.